The van der Waals surface area contributed by atoms with Crippen molar-refractivity contribution in [1.29, 1.82) is 0 Å². The van der Waals surface area contributed by atoms with Gasteiger partial charge < -0.3 is 10.2 Å². The molecular formula is C13H13N4O+. The molecule has 18 heavy (non-hydrogen) atoms. The maximum absolute atomic E-state index is 5.86. The molecule has 0 aliphatic heterocycles. The highest BCUT2D eigenvalue weighted by atomic mass is 16.3. The quantitative estimate of drug-likeness (QED) is 0.524. The first-order valence-electron chi connectivity index (χ1n) is 5.61. The number of nitrogen functional groups attached to an aromatic ring is 2. The number of fused-ring (bicyclic) bond motifs is 1. The van der Waals surface area contributed by atoms with Gasteiger partial charge in [-0.1, -0.05) is 6.07 Å². The molecule has 0 aliphatic carbocycles. The molecule has 4 N–H and O–H groups in total. The number of nitrogens with two attached hydrogens (primary N) is 2. The van der Waals surface area contributed by atoms with Crippen molar-refractivity contribution in [2.75, 3.05) is 11.5 Å². The van der Waals surface area contributed by atoms with Gasteiger partial charge in [-0.3, -0.25) is 5.73 Å². The minimum absolute atomic E-state index is 0.501. The second-order valence-corrected chi connectivity index (χ2v) is 4.09. The van der Waals surface area contributed by atoms with Gasteiger partial charge in [-0.15, -0.1) is 0 Å². The summed E-state index contributed by atoms with van der Waals surface area (Å²) in [6.07, 6.45) is 1.89. The zero-order valence-corrected chi connectivity index (χ0v) is 9.71. The number of rotatable bonds is 2. The molecule has 5 heteroatoms. The number of oxazole rings is 1. The van der Waals surface area contributed by atoms with Crippen molar-refractivity contribution in [1.82, 2.24) is 4.98 Å². The van der Waals surface area contributed by atoms with Crippen molar-refractivity contribution in [2.24, 2.45) is 0 Å². The van der Waals surface area contributed by atoms with Gasteiger partial charge in [0.05, 0.1) is 6.20 Å². The van der Waals surface area contributed by atoms with Crippen LogP contribution in [-0.4, -0.2) is 4.98 Å². The molecule has 0 atom stereocenters. The summed E-state index contributed by atoms with van der Waals surface area (Å²) in [6, 6.07) is 11.1. The molecule has 0 spiro atoms. The standard InChI is InChI=1S/C13H12N4O/c14-9-4-5-10-11(7-9)18-13(16-10)8-17-6-2-1-3-12(17)15/h1-7,15H,8,14H2/p+1. The SMILES string of the molecule is Nc1ccc2nc(C[n+]3ccccc3N)oc2c1. The largest absolute Gasteiger partial charge is 0.436 e. The van der Waals surface area contributed by atoms with E-state index in [0.29, 0.717) is 29.5 Å². The third-order valence-electron chi connectivity index (χ3n) is 2.74. The van der Waals surface area contributed by atoms with Crippen LogP contribution in [0.2, 0.25) is 0 Å². The predicted octanol–water partition coefficient (Wildman–Crippen LogP) is 1.33. The molecule has 0 unspecified atom stereocenters. The van der Waals surface area contributed by atoms with E-state index in [-0.39, 0.29) is 0 Å². The van der Waals surface area contributed by atoms with Gasteiger partial charge in [0.1, 0.15) is 5.52 Å². The molecule has 3 aromatic rings. The number of aromatic nitrogens is 2. The van der Waals surface area contributed by atoms with Crippen molar-refractivity contribution < 1.29 is 8.98 Å². The van der Waals surface area contributed by atoms with E-state index in [9.17, 15) is 0 Å². The molecule has 90 valence electrons. The summed E-state index contributed by atoms with van der Waals surface area (Å²) >= 11 is 0. The summed E-state index contributed by atoms with van der Waals surface area (Å²) < 4.78 is 7.51. The van der Waals surface area contributed by atoms with Gasteiger partial charge in [0, 0.05) is 17.8 Å². The van der Waals surface area contributed by atoms with E-state index in [1.165, 1.54) is 0 Å². The van der Waals surface area contributed by atoms with Crippen LogP contribution in [0.25, 0.3) is 11.1 Å². The zero-order chi connectivity index (χ0) is 12.5. The smallest absolute Gasteiger partial charge is 0.272 e. The highest BCUT2D eigenvalue weighted by Gasteiger charge is 2.10. The third kappa shape index (κ3) is 1.86. The van der Waals surface area contributed by atoms with Gasteiger partial charge in [-0.2, -0.15) is 0 Å². The number of nitrogens with zero attached hydrogens (tertiary/aromatic N) is 2. The minimum atomic E-state index is 0.501. The van der Waals surface area contributed by atoms with Crippen molar-refractivity contribution in [3.05, 3.63) is 48.5 Å². The van der Waals surface area contributed by atoms with Crippen LogP contribution in [0, 0.1) is 0 Å². The second kappa shape index (κ2) is 4.03. The lowest BCUT2D eigenvalue weighted by atomic mass is 10.3. The number of benzene rings is 1. The molecule has 3 rings (SSSR count). The predicted molar refractivity (Wildman–Crippen MR) is 68.6 cm³/mol. The first kappa shape index (κ1) is 10.6. The molecule has 5 nitrogen and oxygen atoms in total. The van der Waals surface area contributed by atoms with Crippen LogP contribution in [0.3, 0.4) is 0 Å². The van der Waals surface area contributed by atoms with E-state index >= 15 is 0 Å². The van der Waals surface area contributed by atoms with Crippen LogP contribution in [0.5, 0.6) is 0 Å². The van der Waals surface area contributed by atoms with Gasteiger partial charge >= 0.3 is 0 Å². The average Bonchev–Trinajstić information content (AvgIpc) is 2.73. The Kier molecular flexibility index (Phi) is 2.37. The fraction of sp³-hybridized carbons (Fsp3) is 0.0769. The highest BCUT2D eigenvalue weighted by molar-refractivity contribution is 5.76. The maximum atomic E-state index is 5.86. The number of hydrogen-bond donors (Lipinski definition) is 2. The van der Waals surface area contributed by atoms with Gasteiger partial charge in [0.2, 0.25) is 5.89 Å². The Morgan fingerprint density at radius 1 is 1.17 bits per heavy atom. The van der Waals surface area contributed by atoms with E-state index in [1.807, 2.05) is 35.0 Å². The second-order valence-electron chi connectivity index (χ2n) is 4.09. The molecule has 0 amide bonds. The van der Waals surface area contributed by atoms with Crippen LogP contribution in [0.4, 0.5) is 11.5 Å². The molecule has 0 radical (unpaired) electrons. The lowest BCUT2D eigenvalue weighted by Crippen LogP contribution is -2.37. The van der Waals surface area contributed by atoms with Crippen LogP contribution < -0.4 is 16.0 Å². The maximum Gasteiger partial charge on any atom is 0.272 e. The van der Waals surface area contributed by atoms with E-state index in [1.54, 1.807) is 12.1 Å². The first-order valence-corrected chi connectivity index (χ1v) is 5.61. The summed E-state index contributed by atoms with van der Waals surface area (Å²) in [5.74, 6) is 1.28. The van der Waals surface area contributed by atoms with Crippen molar-refractivity contribution in [2.45, 2.75) is 6.54 Å². The molecule has 0 saturated carbocycles. The molecule has 1 aromatic carbocycles. The fourth-order valence-corrected chi connectivity index (χ4v) is 1.84. The van der Waals surface area contributed by atoms with E-state index in [4.69, 9.17) is 15.9 Å². The van der Waals surface area contributed by atoms with Gasteiger partial charge in [0.25, 0.3) is 5.82 Å². The lowest BCUT2D eigenvalue weighted by molar-refractivity contribution is -0.676. The van der Waals surface area contributed by atoms with Crippen LogP contribution in [0.1, 0.15) is 5.89 Å². The van der Waals surface area contributed by atoms with Gasteiger partial charge in [-0.05, 0) is 18.2 Å². The van der Waals surface area contributed by atoms with Gasteiger partial charge in [-0.25, -0.2) is 9.55 Å². The number of hydrogen-bond acceptors (Lipinski definition) is 4. The summed E-state index contributed by atoms with van der Waals surface area (Å²) in [4.78, 5) is 4.39. The highest BCUT2D eigenvalue weighted by Crippen LogP contribution is 2.18. The Labute approximate surface area is 104 Å². The van der Waals surface area contributed by atoms with E-state index in [2.05, 4.69) is 4.98 Å². The Morgan fingerprint density at radius 2 is 2.06 bits per heavy atom. The van der Waals surface area contributed by atoms with Crippen LogP contribution >= 0.6 is 0 Å². The van der Waals surface area contributed by atoms with Crippen LogP contribution in [-0.2, 0) is 6.54 Å². The fourth-order valence-electron chi connectivity index (χ4n) is 1.84. The topological polar surface area (TPSA) is 82.0 Å². The minimum Gasteiger partial charge on any atom is -0.436 e. The third-order valence-corrected chi connectivity index (χ3v) is 2.74. The normalized spacial score (nSPS) is 10.9. The Bertz CT molecular complexity index is 705. The van der Waals surface area contributed by atoms with E-state index in [0.717, 1.165) is 5.52 Å². The molecule has 2 aromatic heterocycles. The summed E-state index contributed by atoms with van der Waals surface area (Å²) in [7, 11) is 0. The lowest BCUT2D eigenvalue weighted by Gasteiger charge is -1.98. The van der Waals surface area contributed by atoms with Crippen molar-refractivity contribution in [3.8, 4) is 0 Å². The number of anilines is 2. The molecule has 0 bridgehead atoms. The molecule has 2 heterocycles. The van der Waals surface area contributed by atoms with Gasteiger partial charge in [0.15, 0.2) is 12.1 Å². The zero-order valence-electron chi connectivity index (χ0n) is 9.71. The van der Waals surface area contributed by atoms with E-state index < -0.39 is 0 Å². The van der Waals surface area contributed by atoms with Crippen molar-refractivity contribution >= 4 is 22.6 Å². The molecule has 0 fully saturated rings. The van der Waals surface area contributed by atoms with Crippen LogP contribution in [0.15, 0.2) is 47.0 Å². The Hall–Kier alpha value is -2.56. The Morgan fingerprint density at radius 3 is 2.89 bits per heavy atom. The molecule has 0 saturated heterocycles. The summed E-state index contributed by atoms with van der Waals surface area (Å²) in [6.45, 7) is 0.501. The number of pyridine rings is 1. The summed E-state index contributed by atoms with van der Waals surface area (Å²) in [5, 5.41) is 0. The average molecular weight is 241 g/mol. The monoisotopic (exact) mass is 241 g/mol. The molecule has 0 aliphatic rings. The summed E-state index contributed by atoms with van der Waals surface area (Å²) in [5.41, 5.74) is 13.7. The van der Waals surface area contributed by atoms with Crippen molar-refractivity contribution in [3.63, 3.8) is 0 Å². The molecular weight excluding hydrogens is 228 g/mol. The Balaban J connectivity index is 1.98. The first-order chi connectivity index (χ1) is 8.72.